The van der Waals surface area contributed by atoms with Gasteiger partial charge in [0.1, 0.15) is 0 Å². The van der Waals surface area contributed by atoms with Crippen LogP contribution in [0.2, 0.25) is 0 Å². The molecule has 80 valence electrons. The lowest BCUT2D eigenvalue weighted by molar-refractivity contribution is -0.129. The van der Waals surface area contributed by atoms with E-state index in [0.717, 1.165) is 19.3 Å². The van der Waals surface area contributed by atoms with Gasteiger partial charge in [-0.1, -0.05) is 6.42 Å². The van der Waals surface area contributed by atoms with Crippen molar-refractivity contribution in [1.29, 1.82) is 0 Å². The number of hydrazine groups is 1. The van der Waals surface area contributed by atoms with Crippen molar-refractivity contribution in [2.45, 2.75) is 38.1 Å². The maximum Gasteiger partial charge on any atom is 0.238 e. The summed E-state index contributed by atoms with van der Waals surface area (Å²) in [5, 5.41) is 0. The van der Waals surface area contributed by atoms with Crippen molar-refractivity contribution in [1.82, 2.24) is 10.3 Å². The van der Waals surface area contributed by atoms with Crippen LogP contribution in [-0.4, -0.2) is 29.9 Å². The molecule has 2 aliphatic rings. The molecule has 1 amide bonds. The highest BCUT2D eigenvalue weighted by atomic mass is 16.2. The number of fused-ring (bicyclic) bond motifs is 1. The Morgan fingerprint density at radius 1 is 1.21 bits per heavy atom. The zero-order chi connectivity index (χ0) is 9.97. The third-order valence-corrected chi connectivity index (χ3v) is 3.57. The van der Waals surface area contributed by atoms with Crippen molar-refractivity contribution in [2.24, 2.45) is 11.8 Å². The minimum absolute atomic E-state index is 0.0293. The van der Waals surface area contributed by atoms with Gasteiger partial charge in [-0.05, 0) is 38.8 Å². The minimum atomic E-state index is 0.0293. The van der Waals surface area contributed by atoms with Crippen LogP contribution in [0.3, 0.4) is 0 Å². The lowest BCUT2D eigenvalue weighted by Gasteiger charge is -2.43. The van der Waals surface area contributed by atoms with Crippen LogP contribution in [0.1, 0.15) is 32.1 Å². The summed E-state index contributed by atoms with van der Waals surface area (Å²) in [5.41, 5.74) is 2.30. The van der Waals surface area contributed by atoms with Crippen LogP contribution < -0.4 is 11.3 Å². The van der Waals surface area contributed by atoms with Crippen LogP contribution in [0.25, 0.3) is 0 Å². The molecule has 4 nitrogen and oxygen atoms in total. The van der Waals surface area contributed by atoms with Gasteiger partial charge in [0.05, 0.1) is 5.92 Å². The highest BCUT2D eigenvalue weighted by molar-refractivity contribution is 5.78. The number of nitrogens with two attached hydrogens (primary N) is 1. The molecule has 3 N–H and O–H groups in total. The van der Waals surface area contributed by atoms with Crippen LogP contribution >= 0.6 is 0 Å². The fourth-order valence-corrected chi connectivity index (χ4v) is 2.87. The summed E-state index contributed by atoms with van der Waals surface area (Å²) in [5.74, 6) is 5.37. The molecule has 0 aromatic carbocycles. The van der Waals surface area contributed by atoms with Crippen LogP contribution in [0.5, 0.6) is 0 Å². The van der Waals surface area contributed by atoms with Crippen LogP contribution in [0.4, 0.5) is 0 Å². The molecule has 2 rings (SSSR count). The predicted molar refractivity (Wildman–Crippen MR) is 54.3 cm³/mol. The molecular formula is C10H19N3O. The Bertz CT molecular complexity index is 217. The van der Waals surface area contributed by atoms with E-state index in [0.29, 0.717) is 6.04 Å². The quantitative estimate of drug-likeness (QED) is 0.360. The van der Waals surface area contributed by atoms with Crippen molar-refractivity contribution in [3.8, 4) is 0 Å². The number of carbonyl (C=O) groups is 1. The third-order valence-electron chi connectivity index (χ3n) is 3.57. The van der Waals surface area contributed by atoms with Crippen LogP contribution in [-0.2, 0) is 4.79 Å². The van der Waals surface area contributed by atoms with Crippen LogP contribution in [0.15, 0.2) is 0 Å². The Kier molecular flexibility index (Phi) is 3.03. The summed E-state index contributed by atoms with van der Waals surface area (Å²) in [6, 6.07) is 0.459. The molecule has 2 fully saturated rings. The topological polar surface area (TPSA) is 58.4 Å². The van der Waals surface area contributed by atoms with Gasteiger partial charge in [0.25, 0.3) is 0 Å². The second kappa shape index (κ2) is 4.28. The third kappa shape index (κ3) is 1.77. The Labute approximate surface area is 84.8 Å². The second-order valence-electron chi connectivity index (χ2n) is 4.36. The zero-order valence-corrected chi connectivity index (χ0v) is 8.54. The number of piperidine rings is 2. The van der Waals surface area contributed by atoms with Gasteiger partial charge in [-0.25, -0.2) is 5.84 Å². The highest BCUT2D eigenvalue weighted by Gasteiger charge is 2.36. The van der Waals surface area contributed by atoms with Gasteiger partial charge in [-0.2, -0.15) is 0 Å². The normalized spacial score (nSPS) is 33.5. The Morgan fingerprint density at radius 3 is 2.79 bits per heavy atom. The van der Waals surface area contributed by atoms with E-state index in [1.165, 1.54) is 25.9 Å². The van der Waals surface area contributed by atoms with Gasteiger partial charge in [0.2, 0.25) is 5.91 Å². The molecule has 2 saturated heterocycles. The number of nitrogens with one attached hydrogen (secondary N) is 1. The molecule has 0 bridgehead atoms. The molecular weight excluding hydrogens is 178 g/mol. The highest BCUT2D eigenvalue weighted by Crippen LogP contribution is 2.30. The van der Waals surface area contributed by atoms with Gasteiger partial charge < -0.3 is 0 Å². The second-order valence-corrected chi connectivity index (χ2v) is 4.36. The van der Waals surface area contributed by atoms with E-state index in [-0.39, 0.29) is 11.8 Å². The monoisotopic (exact) mass is 197 g/mol. The lowest BCUT2D eigenvalue weighted by Crippen LogP contribution is -2.53. The average molecular weight is 197 g/mol. The first-order valence-corrected chi connectivity index (χ1v) is 5.57. The molecule has 0 aliphatic carbocycles. The van der Waals surface area contributed by atoms with E-state index in [4.69, 9.17) is 5.84 Å². The first-order valence-electron chi connectivity index (χ1n) is 5.57. The number of carbonyl (C=O) groups excluding carboxylic acids is 1. The summed E-state index contributed by atoms with van der Waals surface area (Å²) >= 11 is 0. The Hall–Kier alpha value is -0.610. The van der Waals surface area contributed by atoms with Gasteiger partial charge in [0.15, 0.2) is 0 Å². The molecule has 14 heavy (non-hydrogen) atoms. The summed E-state index contributed by atoms with van der Waals surface area (Å²) < 4.78 is 0. The number of hydrogen-bond acceptors (Lipinski definition) is 3. The van der Waals surface area contributed by atoms with E-state index < -0.39 is 0 Å². The molecule has 0 radical (unpaired) electrons. The van der Waals surface area contributed by atoms with E-state index in [1.54, 1.807) is 0 Å². The van der Waals surface area contributed by atoms with Crippen molar-refractivity contribution in [3.63, 3.8) is 0 Å². The first kappa shape index (κ1) is 9.93. The maximum atomic E-state index is 11.6. The van der Waals surface area contributed by atoms with Gasteiger partial charge in [0, 0.05) is 6.04 Å². The summed E-state index contributed by atoms with van der Waals surface area (Å²) in [4.78, 5) is 14.0. The largest absolute Gasteiger partial charge is 0.300 e. The summed E-state index contributed by atoms with van der Waals surface area (Å²) in [6.07, 6.45) is 5.85. The average Bonchev–Trinajstić information content (AvgIpc) is 2.27. The maximum absolute atomic E-state index is 11.6. The van der Waals surface area contributed by atoms with E-state index >= 15 is 0 Å². The van der Waals surface area contributed by atoms with Crippen molar-refractivity contribution in [2.75, 3.05) is 13.1 Å². The predicted octanol–water partition coefficient (Wildman–Crippen LogP) is 0.241. The number of rotatable bonds is 1. The molecule has 2 aliphatic heterocycles. The smallest absolute Gasteiger partial charge is 0.238 e. The Balaban J connectivity index is 2.04. The van der Waals surface area contributed by atoms with Crippen LogP contribution in [0, 0.1) is 5.92 Å². The van der Waals surface area contributed by atoms with Crippen molar-refractivity contribution >= 4 is 5.91 Å². The lowest BCUT2D eigenvalue weighted by atomic mass is 9.83. The number of amides is 1. The van der Waals surface area contributed by atoms with Crippen molar-refractivity contribution < 1.29 is 4.79 Å². The minimum Gasteiger partial charge on any atom is -0.300 e. The summed E-state index contributed by atoms with van der Waals surface area (Å²) in [6.45, 7) is 2.33. The van der Waals surface area contributed by atoms with E-state index in [1.807, 2.05) is 0 Å². The molecule has 0 aromatic heterocycles. The Morgan fingerprint density at radius 2 is 2.00 bits per heavy atom. The number of nitrogens with zero attached hydrogens (tertiary/aromatic N) is 1. The SMILES string of the molecule is NNC(=O)[C@@H]1CCCN2CCCC[C@H]12. The fraction of sp³-hybridized carbons (Fsp3) is 0.900. The zero-order valence-electron chi connectivity index (χ0n) is 8.54. The fourth-order valence-electron chi connectivity index (χ4n) is 2.87. The summed E-state index contributed by atoms with van der Waals surface area (Å²) in [7, 11) is 0. The molecule has 0 aromatic rings. The van der Waals surface area contributed by atoms with Gasteiger partial charge >= 0.3 is 0 Å². The molecule has 2 heterocycles. The number of hydrogen-bond donors (Lipinski definition) is 2. The molecule has 2 atom stereocenters. The van der Waals surface area contributed by atoms with Crippen molar-refractivity contribution in [3.05, 3.63) is 0 Å². The molecule has 0 unspecified atom stereocenters. The first-order chi connectivity index (χ1) is 6.83. The standard InChI is InChI=1S/C10H19N3O/c11-12-10(14)8-4-3-7-13-6-2-1-5-9(8)13/h8-9H,1-7,11H2,(H,12,14)/t8-,9-/m1/s1. The van der Waals surface area contributed by atoms with Gasteiger partial charge in [-0.15, -0.1) is 0 Å². The molecule has 0 saturated carbocycles. The van der Waals surface area contributed by atoms with E-state index in [9.17, 15) is 4.79 Å². The van der Waals surface area contributed by atoms with Gasteiger partial charge in [-0.3, -0.25) is 15.1 Å². The van der Waals surface area contributed by atoms with E-state index in [2.05, 4.69) is 10.3 Å². The molecule has 0 spiro atoms. The molecule has 4 heteroatoms.